The highest BCUT2D eigenvalue weighted by molar-refractivity contribution is 6.08. The van der Waals surface area contributed by atoms with Crippen LogP contribution in [0, 0.1) is 13.8 Å². The predicted octanol–water partition coefficient (Wildman–Crippen LogP) is 3.71. The van der Waals surface area contributed by atoms with Crippen molar-refractivity contribution in [2.45, 2.75) is 20.5 Å². The highest BCUT2D eigenvalue weighted by Gasteiger charge is 2.11. The van der Waals surface area contributed by atoms with Gasteiger partial charge in [0.05, 0.1) is 5.56 Å². The van der Waals surface area contributed by atoms with E-state index in [4.69, 9.17) is 9.84 Å². The lowest BCUT2D eigenvalue weighted by Crippen LogP contribution is -2.04. The Labute approximate surface area is 135 Å². The molecule has 0 spiro atoms. The molecule has 0 atom stereocenters. The first-order chi connectivity index (χ1) is 11.0. The number of carboxylic acid groups (broad SMARTS) is 1. The van der Waals surface area contributed by atoms with Crippen molar-refractivity contribution >= 4 is 11.8 Å². The van der Waals surface area contributed by atoms with E-state index in [1.165, 1.54) is 0 Å². The van der Waals surface area contributed by atoms with Crippen LogP contribution in [0.15, 0.2) is 54.6 Å². The molecule has 0 unspecified atom stereocenters. The summed E-state index contributed by atoms with van der Waals surface area (Å²) in [4.78, 5) is 22.7. The molecule has 2 aromatic rings. The maximum absolute atomic E-state index is 12.2. The first-order valence-electron chi connectivity index (χ1n) is 7.20. The van der Waals surface area contributed by atoms with Crippen LogP contribution < -0.4 is 4.74 Å². The van der Waals surface area contributed by atoms with Crippen molar-refractivity contribution in [3.05, 3.63) is 76.9 Å². The minimum Gasteiger partial charge on any atom is -0.488 e. The van der Waals surface area contributed by atoms with Gasteiger partial charge in [0.25, 0.3) is 0 Å². The molecule has 4 heteroatoms. The molecule has 118 valence electrons. The Kier molecular flexibility index (Phi) is 5.31. The van der Waals surface area contributed by atoms with Crippen LogP contribution in [0.25, 0.3) is 0 Å². The summed E-state index contributed by atoms with van der Waals surface area (Å²) in [5.41, 5.74) is 3.40. The standard InChI is InChI=1S/C19H18O4/c1-13-4-3-5-15(10-13)12-23-18-8-6-14(2)11-16(18)17(20)7-9-19(21)22/h3-11H,12H2,1-2H3,(H,21,22)/b9-7+. The highest BCUT2D eigenvalue weighted by atomic mass is 16.5. The summed E-state index contributed by atoms with van der Waals surface area (Å²) in [6.45, 7) is 4.21. The van der Waals surface area contributed by atoms with Gasteiger partial charge in [-0.2, -0.15) is 0 Å². The average Bonchev–Trinajstić information content (AvgIpc) is 2.51. The summed E-state index contributed by atoms with van der Waals surface area (Å²) in [5.74, 6) is -1.11. The fraction of sp³-hybridized carbons (Fsp3) is 0.158. The maximum atomic E-state index is 12.2. The largest absolute Gasteiger partial charge is 0.488 e. The number of carbonyl (C=O) groups is 2. The van der Waals surface area contributed by atoms with Gasteiger partial charge in [0.2, 0.25) is 0 Å². The third-order valence-electron chi connectivity index (χ3n) is 3.25. The van der Waals surface area contributed by atoms with Crippen LogP contribution >= 0.6 is 0 Å². The SMILES string of the molecule is Cc1cccc(COc2ccc(C)cc2C(=O)/C=C/C(=O)O)c1. The van der Waals surface area contributed by atoms with Crippen LogP contribution in [0.5, 0.6) is 5.75 Å². The van der Waals surface area contributed by atoms with Crippen molar-refractivity contribution in [3.8, 4) is 5.75 Å². The summed E-state index contributed by atoms with van der Waals surface area (Å²) >= 11 is 0. The van der Waals surface area contributed by atoms with E-state index in [9.17, 15) is 9.59 Å². The molecule has 0 aliphatic rings. The molecule has 0 fully saturated rings. The molecule has 0 saturated carbocycles. The van der Waals surface area contributed by atoms with Crippen LogP contribution in [-0.2, 0) is 11.4 Å². The van der Waals surface area contributed by atoms with Crippen LogP contribution in [-0.4, -0.2) is 16.9 Å². The molecule has 0 bridgehead atoms. The van der Waals surface area contributed by atoms with Gasteiger partial charge in [0.1, 0.15) is 12.4 Å². The van der Waals surface area contributed by atoms with E-state index in [2.05, 4.69) is 0 Å². The molecule has 0 aliphatic heterocycles. The van der Waals surface area contributed by atoms with E-state index in [0.29, 0.717) is 17.9 Å². The second kappa shape index (κ2) is 7.40. The molecule has 0 amide bonds. The number of benzene rings is 2. The maximum Gasteiger partial charge on any atom is 0.328 e. The topological polar surface area (TPSA) is 63.6 Å². The third-order valence-corrected chi connectivity index (χ3v) is 3.25. The molecule has 2 aromatic carbocycles. The van der Waals surface area contributed by atoms with E-state index in [1.54, 1.807) is 12.1 Å². The number of ether oxygens (including phenoxy) is 1. The van der Waals surface area contributed by atoms with Crippen molar-refractivity contribution in [2.75, 3.05) is 0 Å². The number of aliphatic carboxylic acids is 1. The van der Waals surface area contributed by atoms with Gasteiger partial charge in [-0.3, -0.25) is 4.79 Å². The number of carboxylic acids is 1. The van der Waals surface area contributed by atoms with Gasteiger partial charge in [-0.25, -0.2) is 4.79 Å². The molecule has 0 saturated heterocycles. The minimum atomic E-state index is -1.16. The Balaban J connectivity index is 2.21. The third kappa shape index (κ3) is 4.81. The van der Waals surface area contributed by atoms with Crippen LogP contribution in [0.4, 0.5) is 0 Å². The zero-order valence-corrected chi connectivity index (χ0v) is 13.1. The fourth-order valence-corrected chi connectivity index (χ4v) is 2.16. The summed E-state index contributed by atoms with van der Waals surface area (Å²) in [6, 6.07) is 13.2. The van der Waals surface area contributed by atoms with Gasteiger partial charge < -0.3 is 9.84 Å². The number of hydrogen-bond acceptors (Lipinski definition) is 3. The van der Waals surface area contributed by atoms with Crippen molar-refractivity contribution in [3.63, 3.8) is 0 Å². The monoisotopic (exact) mass is 310 g/mol. The van der Waals surface area contributed by atoms with E-state index in [1.807, 2.05) is 44.2 Å². The highest BCUT2D eigenvalue weighted by Crippen LogP contribution is 2.22. The molecule has 23 heavy (non-hydrogen) atoms. The summed E-state index contributed by atoms with van der Waals surface area (Å²) in [5, 5.41) is 8.64. The molecule has 4 nitrogen and oxygen atoms in total. The van der Waals surface area contributed by atoms with E-state index >= 15 is 0 Å². The van der Waals surface area contributed by atoms with Crippen LogP contribution in [0.1, 0.15) is 27.0 Å². The molecule has 0 aromatic heterocycles. The summed E-state index contributed by atoms with van der Waals surface area (Å²) in [7, 11) is 0. The Hall–Kier alpha value is -2.88. The quantitative estimate of drug-likeness (QED) is 0.652. The predicted molar refractivity (Wildman–Crippen MR) is 87.8 cm³/mol. The van der Waals surface area contributed by atoms with Gasteiger partial charge in [-0.05, 0) is 37.6 Å². The lowest BCUT2D eigenvalue weighted by molar-refractivity contribution is -0.131. The Morgan fingerprint density at radius 3 is 2.48 bits per heavy atom. The number of aryl methyl sites for hydroxylation is 2. The molecule has 0 heterocycles. The average molecular weight is 310 g/mol. The molecular formula is C19H18O4. The Morgan fingerprint density at radius 1 is 1.04 bits per heavy atom. The smallest absolute Gasteiger partial charge is 0.328 e. The molecule has 1 N–H and O–H groups in total. The molecule has 2 rings (SSSR count). The van der Waals surface area contributed by atoms with Gasteiger partial charge in [0, 0.05) is 6.08 Å². The zero-order chi connectivity index (χ0) is 16.8. The number of carbonyl (C=O) groups excluding carboxylic acids is 1. The van der Waals surface area contributed by atoms with Crippen molar-refractivity contribution in [1.82, 2.24) is 0 Å². The number of ketones is 1. The van der Waals surface area contributed by atoms with Gasteiger partial charge in [-0.1, -0.05) is 41.5 Å². The van der Waals surface area contributed by atoms with Gasteiger partial charge in [0.15, 0.2) is 5.78 Å². The van der Waals surface area contributed by atoms with E-state index in [0.717, 1.165) is 28.8 Å². The lowest BCUT2D eigenvalue weighted by Gasteiger charge is -2.11. The lowest BCUT2D eigenvalue weighted by atomic mass is 10.1. The second-order valence-electron chi connectivity index (χ2n) is 5.31. The minimum absolute atomic E-state index is 0.341. The van der Waals surface area contributed by atoms with Crippen LogP contribution in [0.3, 0.4) is 0 Å². The van der Waals surface area contributed by atoms with Gasteiger partial charge >= 0.3 is 5.97 Å². The van der Waals surface area contributed by atoms with Crippen molar-refractivity contribution < 1.29 is 19.4 Å². The molecule has 0 aliphatic carbocycles. The van der Waals surface area contributed by atoms with Crippen LogP contribution in [0.2, 0.25) is 0 Å². The molecule has 0 radical (unpaired) electrons. The first kappa shape index (κ1) is 16.5. The van der Waals surface area contributed by atoms with Crippen molar-refractivity contribution in [2.24, 2.45) is 0 Å². The Morgan fingerprint density at radius 2 is 1.78 bits per heavy atom. The van der Waals surface area contributed by atoms with E-state index < -0.39 is 11.8 Å². The fourth-order valence-electron chi connectivity index (χ4n) is 2.16. The Bertz CT molecular complexity index is 760. The second-order valence-corrected chi connectivity index (χ2v) is 5.31. The number of hydrogen-bond donors (Lipinski definition) is 1. The van der Waals surface area contributed by atoms with E-state index in [-0.39, 0.29) is 0 Å². The number of allylic oxidation sites excluding steroid dienone is 1. The summed E-state index contributed by atoms with van der Waals surface area (Å²) in [6.07, 6.45) is 1.87. The first-order valence-corrected chi connectivity index (χ1v) is 7.20. The van der Waals surface area contributed by atoms with Crippen molar-refractivity contribution in [1.29, 1.82) is 0 Å². The number of rotatable bonds is 6. The van der Waals surface area contributed by atoms with Gasteiger partial charge in [-0.15, -0.1) is 0 Å². The molecular weight excluding hydrogens is 292 g/mol. The normalized spacial score (nSPS) is 10.7. The zero-order valence-electron chi connectivity index (χ0n) is 13.1. The summed E-state index contributed by atoms with van der Waals surface area (Å²) < 4.78 is 5.76.